The molecule has 0 unspecified atom stereocenters. The van der Waals surface area contributed by atoms with Crippen molar-refractivity contribution in [2.75, 3.05) is 26.2 Å². The minimum atomic E-state index is 0. The maximum absolute atomic E-state index is 12.4. The number of carbonyl (C=O) groups is 1. The summed E-state index contributed by atoms with van der Waals surface area (Å²) in [6.45, 7) is 4.64. The van der Waals surface area contributed by atoms with E-state index in [4.69, 9.17) is 4.99 Å². The SMILES string of the molecule is I.O=C(c1cccs1)N1CCN(C2=NCc3ccccc3CN2)CC1. The van der Waals surface area contributed by atoms with Crippen LogP contribution >= 0.6 is 35.3 Å². The van der Waals surface area contributed by atoms with Gasteiger partial charge in [-0.15, -0.1) is 35.3 Å². The van der Waals surface area contributed by atoms with Crippen LogP contribution in [0.15, 0.2) is 46.8 Å². The van der Waals surface area contributed by atoms with Crippen LogP contribution in [-0.2, 0) is 13.1 Å². The van der Waals surface area contributed by atoms with Crippen LogP contribution in [-0.4, -0.2) is 47.8 Å². The number of hydrogen-bond donors (Lipinski definition) is 1. The van der Waals surface area contributed by atoms with Crippen molar-refractivity contribution in [3.63, 3.8) is 0 Å². The van der Waals surface area contributed by atoms with Crippen LogP contribution in [0.4, 0.5) is 0 Å². The summed E-state index contributed by atoms with van der Waals surface area (Å²) in [6.07, 6.45) is 0. The van der Waals surface area contributed by atoms with Crippen LogP contribution in [0.2, 0.25) is 0 Å². The summed E-state index contributed by atoms with van der Waals surface area (Å²) in [5, 5.41) is 5.40. The predicted molar refractivity (Wildman–Crippen MR) is 112 cm³/mol. The van der Waals surface area contributed by atoms with E-state index < -0.39 is 0 Å². The molecule has 4 rings (SSSR count). The average molecular weight is 468 g/mol. The molecular weight excluding hydrogens is 447 g/mol. The summed E-state index contributed by atoms with van der Waals surface area (Å²) < 4.78 is 0. The van der Waals surface area contributed by atoms with Crippen LogP contribution in [0.1, 0.15) is 20.8 Å². The minimum Gasteiger partial charge on any atom is -0.352 e. The summed E-state index contributed by atoms with van der Waals surface area (Å²) in [7, 11) is 0. The van der Waals surface area contributed by atoms with Crippen LogP contribution in [0, 0.1) is 0 Å². The lowest BCUT2D eigenvalue weighted by Crippen LogP contribution is -2.53. The van der Waals surface area contributed by atoms with Gasteiger partial charge in [0.15, 0.2) is 5.96 Å². The number of carbonyl (C=O) groups excluding carboxylic acids is 1. The maximum atomic E-state index is 12.4. The Hall–Kier alpha value is -1.61. The summed E-state index contributed by atoms with van der Waals surface area (Å²) >= 11 is 1.51. The highest BCUT2D eigenvalue weighted by atomic mass is 127. The summed E-state index contributed by atoms with van der Waals surface area (Å²) in [5.41, 5.74) is 2.59. The number of piperazine rings is 1. The molecular formula is C18H21IN4OS. The maximum Gasteiger partial charge on any atom is 0.264 e. The lowest BCUT2D eigenvalue weighted by molar-refractivity contribution is 0.0694. The van der Waals surface area contributed by atoms with Gasteiger partial charge in [0.2, 0.25) is 0 Å². The van der Waals surface area contributed by atoms with Gasteiger partial charge in [-0.05, 0) is 22.6 Å². The molecule has 2 aromatic rings. The van der Waals surface area contributed by atoms with Gasteiger partial charge in [-0.25, -0.2) is 4.99 Å². The number of thiophene rings is 1. The normalized spacial score (nSPS) is 16.9. The Bertz CT molecular complexity index is 754. The molecule has 0 bridgehead atoms. The smallest absolute Gasteiger partial charge is 0.264 e. The van der Waals surface area contributed by atoms with Gasteiger partial charge in [0.1, 0.15) is 0 Å². The molecule has 2 aliphatic rings. The number of hydrogen-bond acceptors (Lipinski definition) is 5. The lowest BCUT2D eigenvalue weighted by Gasteiger charge is -2.36. The third-order valence-corrected chi connectivity index (χ3v) is 5.41. The molecule has 0 radical (unpaired) electrons. The molecule has 132 valence electrons. The number of benzene rings is 1. The van der Waals surface area contributed by atoms with Gasteiger partial charge in [0, 0.05) is 32.7 Å². The van der Waals surface area contributed by atoms with Crippen molar-refractivity contribution in [3.8, 4) is 0 Å². The second kappa shape index (κ2) is 8.18. The molecule has 0 atom stereocenters. The molecule has 1 N–H and O–H groups in total. The average Bonchev–Trinajstić information content (AvgIpc) is 3.08. The zero-order valence-corrected chi connectivity index (χ0v) is 17.0. The molecule has 1 amide bonds. The number of aliphatic imine (C=N–C) groups is 1. The number of nitrogens with zero attached hydrogens (tertiary/aromatic N) is 3. The standard InChI is InChI=1S/C18H20N4OS.HI/c23-17(16-6-3-11-24-16)21-7-9-22(10-8-21)18-19-12-14-4-1-2-5-15(14)13-20-18;/h1-6,11H,7-10,12-13H2,(H,19,20);1H. The second-order valence-corrected chi connectivity index (χ2v) is 6.97. The largest absolute Gasteiger partial charge is 0.352 e. The van der Waals surface area contributed by atoms with E-state index in [0.717, 1.165) is 43.6 Å². The van der Waals surface area contributed by atoms with E-state index >= 15 is 0 Å². The van der Waals surface area contributed by atoms with Gasteiger partial charge in [-0.2, -0.15) is 0 Å². The minimum absolute atomic E-state index is 0. The van der Waals surface area contributed by atoms with Gasteiger partial charge in [0.25, 0.3) is 5.91 Å². The Morgan fingerprint density at radius 3 is 2.52 bits per heavy atom. The third-order valence-electron chi connectivity index (χ3n) is 4.55. The Kier molecular flexibility index (Phi) is 5.95. The van der Waals surface area contributed by atoms with Crippen molar-refractivity contribution in [1.29, 1.82) is 0 Å². The Morgan fingerprint density at radius 2 is 1.80 bits per heavy atom. The molecule has 1 saturated heterocycles. The molecule has 0 spiro atoms. The first-order valence-corrected chi connectivity index (χ1v) is 9.12. The molecule has 0 saturated carbocycles. The second-order valence-electron chi connectivity index (χ2n) is 6.02. The Morgan fingerprint density at radius 1 is 1.04 bits per heavy atom. The number of fused-ring (bicyclic) bond motifs is 1. The molecule has 1 aromatic heterocycles. The molecule has 2 aliphatic heterocycles. The lowest BCUT2D eigenvalue weighted by atomic mass is 10.1. The molecule has 1 fully saturated rings. The first-order valence-electron chi connectivity index (χ1n) is 8.24. The summed E-state index contributed by atoms with van der Waals surface area (Å²) in [6, 6.07) is 12.2. The van der Waals surface area contributed by atoms with Crippen molar-refractivity contribution >= 4 is 47.2 Å². The number of guanidine groups is 1. The molecule has 3 heterocycles. The van der Waals surface area contributed by atoms with E-state index in [9.17, 15) is 4.79 Å². The molecule has 0 aliphatic carbocycles. The quantitative estimate of drug-likeness (QED) is 0.656. The fourth-order valence-corrected chi connectivity index (χ4v) is 3.85. The van der Waals surface area contributed by atoms with E-state index in [1.165, 1.54) is 22.5 Å². The summed E-state index contributed by atoms with van der Waals surface area (Å²) in [5.74, 6) is 1.10. The highest BCUT2D eigenvalue weighted by Crippen LogP contribution is 2.16. The third kappa shape index (κ3) is 3.98. The molecule has 25 heavy (non-hydrogen) atoms. The monoisotopic (exact) mass is 468 g/mol. The van der Waals surface area contributed by atoms with Crippen molar-refractivity contribution in [3.05, 3.63) is 57.8 Å². The van der Waals surface area contributed by atoms with Gasteiger partial charge in [-0.3, -0.25) is 4.79 Å². The Balaban J connectivity index is 0.00000182. The predicted octanol–water partition coefficient (Wildman–Crippen LogP) is 2.78. The van der Waals surface area contributed by atoms with Crippen LogP contribution in [0.3, 0.4) is 0 Å². The van der Waals surface area contributed by atoms with E-state index in [2.05, 4.69) is 34.5 Å². The Labute approximate surface area is 168 Å². The van der Waals surface area contributed by atoms with Crippen molar-refractivity contribution < 1.29 is 4.79 Å². The zero-order chi connectivity index (χ0) is 16.4. The van der Waals surface area contributed by atoms with Crippen molar-refractivity contribution in [2.24, 2.45) is 4.99 Å². The number of rotatable bonds is 1. The fraction of sp³-hybridized carbons (Fsp3) is 0.333. The molecule has 1 aromatic carbocycles. The van der Waals surface area contributed by atoms with Crippen molar-refractivity contribution in [2.45, 2.75) is 13.1 Å². The first-order chi connectivity index (χ1) is 11.8. The van der Waals surface area contributed by atoms with Crippen LogP contribution in [0.25, 0.3) is 0 Å². The van der Waals surface area contributed by atoms with Crippen LogP contribution in [0.5, 0.6) is 0 Å². The number of nitrogens with one attached hydrogen (secondary N) is 1. The van der Waals surface area contributed by atoms with E-state index in [1.54, 1.807) is 0 Å². The van der Waals surface area contributed by atoms with E-state index in [1.807, 2.05) is 22.4 Å². The van der Waals surface area contributed by atoms with Gasteiger partial charge in [-0.1, -0.05) is 30.3 Å². The van der Waals surface area contributed by atoms with E-state index in [-0.39, 0.29) is 29.9 Å². The highest BCUT2D eigenvalue weighted by molar-refractivity contribution is 14.0. The van der Waals surface area contributed by atoms with Gasteiger partial charge >= 0.3 is 0 Å². The van der Waals surface area contributed by atoms with E-state index in [0.29, 0.717) is 6.54 Å². The van der Waals surface area contributed by atoms with Gasteiger partial charge in [0.05, 0.1) is 11.4 Å². The summed E-state index contributed by atoms with van der Waals surface area (Å²) in [4.78, 5) is 22.2. The first kappa shape index (κ1) is 18.2. The number of halogens is 1. The fourth-order valence-electron chi connectivity index (χ4n) is 3.16. The van der Waals surface area contributed by atoms with Gasteiger partial charge < -0.3 is 15.1 Å². The molecule has 5 nitrogen and oxygen atoms in total. The molecule has 7 heteroatoms. The highest BCUT2D eigenvalue weighted by Gasteiger charge is 2.25. The van der Waals surface area contributed by atoms with Crippen molar-refractivity contribution in [1.82, 2.24) is 15.1 Å². The zero-order valence-electron chi connectivity index (χ0n) is 13.9. The topological polar surface area (TPSA) is 47.9 Å². The van der Waals surface area contributed by atoms with Crippen LogP contribution < -0.4 is 5.32 Å². The number of amides is 1.